The topological polar surface area (TPSA) is 56.8 Å². The van der Waals surface area contributed by atoms with Gasteiger partial charge in [-0.05, 0) is 50.2 Å². The Kier molecular flexibility index (Phi) is 6.44. The van der Waals surface area contributed by atoms with Gasteiger partial charge in [0.1, 0.15) is 18.1 Å². The van der Waals surface area contributed by atoms with Gasteiger partial charge < -0.3 is 19.5 Å². The minimum atomic E-state index is -0.213. The van der Waals surface area contributed by atoms with E-state index in [9.17, 15) is 4.79 Å². The average molecular weight is 315 g/mol. The van der Waals surface area contributed by atoms with E-state index >= 15 is 0 Å². The minimum Gasteiger partial charge on any atom is -0.494 e. The Morgan fingerprint density at radius 1 is 0.957 bits per heavy atom. The van der Waals surface area contributed by atoms with Crippen LogP contribution >= 0.6 is 0 Å². The molecule has 0 aromatic heterocycles. The number of anilines is 1. The van der Waals surface area contributed by atoms with Crippen LogP contribution in [0.5, 0.6) is 17.2 Å². The Morgan fingerprint density at radius 3 is 2.35 bits per heavy atom. The summed E-state index contributed by atoms with van der Waals surface area (Å²) >= 11 is 0. The van der Waals surface area contributed by atoms with Crippen LogP contribution in [0.1, 0.15) is 13.8 Å². The Labute approximate surface area is 136 Å². The van der Waals surface area contributed by atoms with Crippen LogP contribution in [0.25, 0.3) is 0 Å². The first-order valence-corrected chi connectivity index (χ1v) is 7.60. The third kappa shape index (κ3) is 5.30. The van der Waals surface area contributed by atoms with Crippen molar-refractivity contribution in [1.82, 2.24) is 0 Å². The lowest BCUT2D eigenvalue weighted by Crippen LogP contribution is -2.18. The first-order valence-electron chi connectivity index (χ1n) is 7.60. The maximum atomic E-state index is 11.8. The SMILES string of the molecule is CCOCC(=O)Nc1ccccc1Oc1ccc(OCC)cc1. The van der Waals surface area contributed by atoms with Crippen molar-refractivity contribution in [3.05, 3.63) is 48.5 Å². The number of carbonyl (C=O) groups excluding carboxylic acids is 1. The number of para-hydroxylation sites is 2. The summed E-state index contributed by atoms with van der Waals surface area (Å²) in [6.07, 6.45) is 0. The normalized spacial score (nSPS) is 10.2. The molecule has 0 heterocycles. The summed E-state index contributed by atoms with van der Waals surface area (Å²) in [4.78, 5) is 11.8. The summed E-state index contributed by atoms with van der Waals surface area (Å²) in [5.41, 5.74) is 0.603. The Bertz CT molecular complexity index is 625. The van der Waals surface area contributed by atoms with Gasteiger partial charge in [-0.3, -0.25) is 4.79 Å². The summed E-state index contributed by atoms with van der Waals surface area (Å²) in [6, 6.07) is 14.6. The number of ether oxygens (including phenoxy) is 3. The fourth-order valence-electron chi connectivity index (χ4n) is 1.94. The van der Waals surface area contributed by atoms with Crippen molar-refractivity contribution >= 4 is 11.6 Å². The molecule has 2 aromatic rings. The van der Waals surface area contributed by atoms with Crippen molar-refractivity contribution in [3.63, 3.8) is 0 Å². The molecule has 1 amide bonds. The predicted octanol–water partition coefficient (Wildman–Crippen LogP) is 3.85. The van der Waals surface area contributed by atoms with Gasteiger partial charge in [0.2, 0.25) is 5.91 Å². The van der Waals surface area contributed by atoms with E-state index in [0.29, 0.717) is 30.4 Å². The molecule has 23 heavy (non-hydrogen) atoms. The van der Waals surface area contributed by atoms with E-state index in [1.54, 1.807) is 12.1 Å². The summed E-state index contributed by atoms with van der Waals surface area (Å²) in [5, 5.41) is 2.78. The smallest absolute Gasteiger partial charge is 0.250 e. The van der Waals surface area contributed by atoms with Gasteiger partial charge >= 0.3 is 0 Å². The second-order valence-corrected chi connectivity index (χ2v) is 4.69. The van der Waals surface area contributed by atoms with Crippen molar-refractivity contribution in [3.8, 4) is 17.2 Å². The van der Waals surface area contributed by atoms with Gasteiger partial charge in [0.05, 0.1) is 12.3 Å². The van der Waals surface area contributed by atoms with E-state index in [1.807, 2.05) is 50.2 Å². The highest BCUT2D eigenvalue weighted by atomic mass is 16.5. The van der Waals surface area contributed by atoms with E-state index in [1.165, 1.54) is 0 Å². The molecule has 5 heteroatoms. The summed E-state index contributed by atoms with van der Waals surface area (Å²) in [6.45, 7) is 4.92. The predicted molar refractivity (Wildman–Crippen MR) is 89.2 cm³/mol. The zero-order valence-electron chi connectivity index (χ0n) is 13.4. The van der Waals surface area contributed by atoms with Crippen LogP contribution in [0.4, 0.5) is 5.69 Å². The molecule has 0 radical (unpaired) electrons. The summed E-state index contributed by atoms with van der Waals surface area (Å²) in [5.74, 6) is 1.81. The molecule has 1 N–H and O–H groups in total. The highest BCUT2D eigenvalue weighted by Gasteiger charge is 2.08. The van der Waals surface area contributed by atoms with E-state index in [0.717, 1.165) is 5.75 Å². The van der Waals surface area contributed by atoms with Crippen molar-refractivity contribution in [2.75, 3.05) is 25.1 Å². The molecule has 0 aliphatic heterocycles. The van der Waals surface area contributed by atoms with Gasteiger partial charge in [-0.25, -0.2) is 0 Å². The number of carbonyl (C=O) groups is 1. The van der Waals surface area contributed by atoms with Gasteiger partial charge in [-0.1, -0.05) is 12.1 Å². The number of nitrogens with one attached hydrogen (secondary N) is 1. The molecule has 0 atom stereocenters. The van der Waals surface area contributed by atoms with Gasteiger partial charge in [0.25, 0.3) is 0 Å². The lowest BCUT2D eigenvalue weighted by atomic mass is 10.2. The third-order valence-electron chi connectivity index (χ3n) is 2.96. The second-order valence-electron chi connectivity index (χ2n) is 4.69. The van der Waals surface area contributed by atoms with E-state index in [-0.39, 0.29) is 12.5 Å². The van der Waals surface area contributed by atoms with Crippen molar-refractivity contribution in [2.24, 2.45) is 0 Å². The summed E-state index contributed by atoms with van der Waals surface area (Å²) < 4.78 is 16.3. The first kappa shape index (κ1) is 16.8. The fraction of sp³-hybridized carbons (Fsp3) is 0.278. The number of benzene rings is 2. The molecule has 0 unspecified atom stereocenters. The molecule has 0 saturated carbocycles. The number of hydrogen-bond acceptors (Lipinski definition) is 4. The van der Waals surface area contributed by atoms with E-state index < -0.39 is 0 Å². The highest BCUT2D eigenvalue weighted by molar-refractivity contribution is 5.93. The second kappa shape index (κ2) is 8.80. The maximum Gasteiger partial charge on any atom is 0.250 e. The summed E-state index contributed by atoms with van der Waals surface area (Å²) in [7, 11) is 0. The highest BCUT2D eigenvalue weighted by Crippen LogP contribution is 2.30. The molecule has 5 nitrogen and oxygen atoms in total. The molecule has 0 saturated heterocycles. The van der Waals surface area contributed by atoms with Crippen LogP contribution in [0.2, 0.25) is 0 Å². The Morgan fingerprint density at radius 2 is 1.65 bits per heavy atom. The molecule has 2 aromatic carbocycles. The number of rotatable bonds is 8. The van der Waals surface area contributed by atoms with E-state index in [4.69, 9.17) is 14.2 Å². The quantitative estimate of drug-likeness (QED) is 0.804. The van der Waals surface area contributed by atoms with Crippen molar-refractivity contribution < 1.29 is 19.0 Å². The van der Waals surface area contributed by atoms with Crippen LogP contribution < -0.4 is 14.8 Å². The number of hydrogen-bond donors (Lipinski definition) is 1. The fourth-order valence-corrected chi connectivity index (χ4v) is 1.94. The zero-order valence-corrected chi connectivity index (χ0v) is 13.4. The first-order chi connectivity index (χ1) is 11.2. The van der Waals surface area contributed by atoms with E-state index in [2.05, 4.69) is 5.32 Å². The molecule has 0 aliphatic rings. The van der Waals surface area contributed by atoms with Gasteiger partial charge in [0.15, 0.2) is 5.75 Å². The average Bonchev–Trinajstić information content (AvgIpc) is 2.57. The third-order valence-corrected chi connectivity index (χ3v) is 2.96. The number of amides is 1. The van der Waals surface area contributed by atoms with Crippen LogP contribution in [0, 0.1) is 0 Å². The Hall–Kier alpha value is -2.53. The minimum absolute atomic E-state index is 0.0217. The molecular weight excluding hydrogens is 294 g/mol. The lowest BCUT2D eigenvalue weighted by Gasteiger charge is -2.12. The van der Waals surface area contributed by atoms with Crippen LogP contribution in [-0.2, 0) is 9.53 Å². The van der Waals surface area contributed by atoms with Gasteiger partial charge in [-0.2, -0.15) is 0 Å². The van der Waals surface area contributed by atoms with Gasteiger partial charge in [-0.15, -0.1) is 0 Å². The monoisotopic (exact) mass is 315 g/mol. The molecule has 0 fully saturated rings. The molecule has 122 valence electrons. The molecule has 0 spiro atoms. The largest absolute Gasteiger partial charge is 0.494 e. The zero-order chi connectivity index (χ0) is 16.5. The Balaban J connectivity index is 2.06. The molecule has 0 aliphatic carbocycles. The molecule has 0 bridgehead atoms. The van der Waals surface area contributed by atoms with Crippen LogP contribution in [0.3, 0.4) is 0 Å². The standard InChI is InChI=1S/C18H21NO4/c1-3-21-13-18(20)19-16-7-5-6-8-17(16)23-15-11-9-14(10-12-15)22-4-2/h5-12H,3-4,13H2,1-2H3,(H,19,20). The van der Waals surface area contributed by atoms with Gasteiger partial charge in [0, 0.05) is 6.61 Å². The molecule has 2 rings (SSSR count). The van der Waals surface area contributed by atoms with Crippen molar-refractivity contribution in [1.29, 1.82) is 0 Å². The van der Waals surface area contributed by atoms with Crippen LogP contribution in [0.15, 0.2) is 48.5 Å². The maximum absolute atomic E-state index is 11.8. The molecular formula is C18H21NO4. The lowest BCUT2D eigenvalue weighted by molar-refractivity contribution is -0.120. The van der Waals surface area contributed by atoms with Crippen molar-refractivity contribution in [2.45, 2.75) is 13.8 Å². The van der Waals surface area contributed by atoms with Crippen LogP contribution in [-0.4, -0.2) is 25.7 Å².